The fourth-order valence-corrected chi connectivity index (χ4v) is 4.12. The summed E-state index contributed by atoms with van der Waals surface area (Å²) in [6.07, 6.45) is 3.61. The molecule has 3 N–H and O–H groups in total. The molecule has 0 saturated heterocycles. The molecule has 0 aliphatic rings. The van der Waals surface area contributed by atoms with Crippen molar-refractivity contribution in [3.05, 3.63) is 66.6 Å². The van der Waals surface area contributed by atoms with Crippen LogP contribution in [0.5, 0.6) is 5.75 Å². The molecule has 0 radical (unpaired) electrons. The Morgan fingerprint density at radius 2 is 1.68 bits per heavy atom. The number of ether oxygens (including phenoxy) is 3. The van der Waals surface area contributed by atoms with E-state index in [0.29, 0.717) is 28.1 Å². The highest BCUT2D eigenvalue weighted by molar-refractivity contribution is 6.07. The van der Waals surface area contributed by atoms with Gasteiger partial charge in [0.1, 0.15) is 23.0 Å². The number of para-hydroxylation sites is 1. The second-order valence-corrected chi connectivity index (χ2v) is 11.4. The predicted molar refractivity (Wildman–Crippen MR) is 155 cm³/mol. The summed E-state index contributed by atoms with van der Waals surface area (Å²) in [5.74, 6) is 0.0554. The van der Waals surface area contributed by atoms with Gasteiger partial charge in [0.2, 0.25) is 0 Å². The van der Waals surface area contributed by atoms with Crippen molar-refractivity contribution in [1.82, 2.24) is 20.1 Å². The lowest BCUT2D eigenvalue weighted by atomic mass is 10.0. The summed E-state index contributed by atoms with van der Waals surface area (Å²) in [6, 6.07) is 11.3. The fraction of sp³-hybridized carbons (Fsp3) is 0.333. The van der Waals surface area contributed by atoms with Crippen molar-refractivity contribution in [3.63, 3.8) is 0 Å². The number of hydrogen-bond acceptors (Lipinski definition) is 7. The van der Waals surface area contributed by atoms with Gasteiger partial charge in [0.15, 0.2) is 0 Å². The maximum Gasteiger partial charge on any atom is 0.435 e. The van der Waals surface area contributed by atoms with Gasteiger partial charge in [-0.15, -0.1) is 0 Å². The van der Waals surface area contributed by atoms with E-state index in [1.54, 1.807) is 96.5 Å². The molecule has 2 aromatic heterocycles. The Morgan fingerprint density at radius 1 is 0.976 bits per heavy atom. The van der Waals surface area contributed by atoms with Crippen molar-refractivity contribution in [3.8, 4) is 16.9 Å². The maximum atomic E-state index is 13.6. The number of fused-ring (bicyclic) bond motifs is 1. The van der Waals surface area contributed by atoms with Crippen LogP contribution in [0.2, 0.25) is 0 Å². The molecule has 0 aliphatic heterocycles. The van der Waals surface area contributed by atoms with Gasteiger partial charge in [0, 0.05) is 28.9 Å². The zero-order valence-electron chi connectivity index (χ0n) is 24.2. The van der Waals surface area contributed by atoms with E-state index in [4.69, 9.17) is 14.2 Å². The largest absolute Gasteiger partial charge is 0.497 e. The van der Waals surface area contributed by atoms with Crippen LogP contribution in [-0.2, 0) is 14.3 Å². The van der Waals surface area contributed by atoms with Crippen LogP contribution in [0.15, 0.2) is 61.1 Å². The Balaban J connectivity index is 1.62. The van der Waals surface area contributed by atoms with Crippen molar-refractivity contribution in [2.75, 3.05) is 12.4 Å². The SMILES string of the molecule is COc1cccc([C@@H](NC(=O)OC(C)(C)C)C(=O)Nc2cccc3c(-c4cnn(C(=O)OC(C)(C)C)c4)c[nH]c23)c1. The zero-order chi connectivity index (χ0) is 29.9. The number of aromatic amines is 1. The number of nitrogens with zero attached hydrogens (tertiary/aromatic N) is 2. The molecular weight excluding hydrogens is 526 g/mol. The summed E-state index contributed by atoms with van der Waals surface area (Å²) >= 11 is 0. The smallest absolute Gasteiger partial charge is 0.435 e. The van der Waals surface area contributed by atoms with E-state index in [0.717, 1.165) is 15.6 Å². The van der Waals surface area contributed by atoms with Gasteiger partial charge >= 0.3 is 12.2 Å². The molecular formula is C30H35N5O6. The number of anilines is 1. The lowest BCUT2D eigenvalue weighted by molar-refractivity contribution is -0.118. The van der Waals surface area contributed by atoms with Gasteiger partial charge in [-0.2, -0.15) is 9.78 Å². The highest BCUT2D eigenvalue weighted by Gasteiger charge is 2.27. The van der Waals surface area contributed by atoms with Crippen LogP contribution in [0.1, 0.15) is 53.1 Å². The Morgan fingerprint density at radius 3 is 2.37 bits per heavy atom. The third-order valence-corrected chi connectivity index (χ3v) is 5.80. The number of amides is 2. The number of H-pyrrole nitrogens is 1. The molecule has 2 heterocycles. The van der Waals surface area contributed by atoms with Gasteiger partial charge in [0.05, 0.1) is 24.5 Å². The van der Waals surface area contributed by atoms with Crippen LogP contribution in [0.25, 0.3) is 22.0 Å². The van der Waals surface area contributed by atoms with Crippen LogP contribution in [0.3, 0.4) is 0 Å². The van der Waals surface area contributed by atoms with Crippen LogP contribution >= 0.6 is 0 Å². The minimum Gasteiger partial charge on any atom is -0.497 e. The summed E-state index contributed by atoms with van der Waals surface area (Å²) < 4.78 is 17.3. The molecule has 0 aliphatic carbocycles. The summed E-state index contributed by atoms with van der Waals surface area (Å²) in [5.41, 5.74) is 1.73. The normalized spacial score (nSPS) is 12.5. The van der Waals surface area contributed by atoms with Gasteiger partial charge in [-0.3, -0.25) is 4.79 Å². The summed E-state index contributed by atoms with van der Waals surface area (Å²) in [6.45, 7) is 10.6. The predicted octanol–water partition coefficient (Wildman–Crippen LogP) is 6.03. The quantitative estimate of drug-likeness (QED) is 0.261. The minimum absolute atomic E-state index is 0.481. The first-order chi connectivity index (χ1) is 19.2. The highest BCUT2D eigenvalue weighted by Crippen LogP contribution is 2.33. The van der Waals surface area contributed by atoms with Gasteiger partial charge in [-0.05, 0) is 65.3 Å². The fourth-order valence-electron chi connectivity index (χ4n) is 4.12. The topological polar surface area (TPSA) is 137 Å². The molecule has 2 aromatic carbocycles. The van der Waals surface area contributed by atoms with E-state index in [9.17, 15) is 14.4 Å². The Labute approximate surface area is 238 Å². The van der Waals surface area contributed by atoms with E-state index in [-0.39, 0.29) is 0 Å². The number of benzene rings is 2. The van der Waals surface area contributed by atoms with E-state index < -0.39 is 35.3 Å². The van der Waals surface area contributed by atoms with Crippen LogP contribution in [0, 0.1) is 0 Å². The molecule has 0 fully saturated rings. The van der Waals surface area contributed by atoms with E-state index in [1.807, 2.05) is 6.07 Å². The van der Waals surface area contributed by atoms with Crippen LogP contribution in [0.4, 0.5) is 15.3 Å². The molecule has 11 nitrogen and oxygen atoms in total. The Hall–Kier alpha value is -4.80. The number of nitrogens with one attached hydrogen (secondary N) is 3. The molecule has 0 unspecified atom stereocenters. The van der Waals surface area contributed by atoms with Gasteiger partial charge < -0.3 is 29.8 Å². The number of carbonyl (C=O) groups is 3. The van der Waals surface area contributed by atoms with Crippen molar-refractivity contribution < 1.29 is 28.6 Å². The third-order valence-electron chi connectivity index (χ3n) is 5.80. The van der Waals surface area contributed by atoms with E-state index in [2.05, 4.69) is 20.7 Å². The highest BCUT2D eigenvalue weighted by atomic mass is 16.6. The lowest BCUT2D eigenvalue weighted by Gasteiger charge is -2.24. The van der Waals surface area contributed by atoms with Crippen LogP contribution < -0.4 is 15.4 Å². The number of carbonyl (C=O) groups excluding carboxylic acids is 3. The molecule has 4 rings (SSSR count). The minimum atomic E-state index is -1.07. The molecule has 4 aromatic rings. The standard InChI is InChI=1S/C30H35N5O6/c1-29(2,3)40-27(37)34-24(18-10-8-11-20(14-18)39-7)26(36)33-23-13-9-12-21-22(16-31-25(21)23)19-15-32-35(17-19)28(38)41-30(4,5)6/h8-17,24,31H,1-7H3,(H,33,36)(H,34,37)/t24-/m1/s1. The van der Waals surface area contributed by atoms with Crippen molar-refractivity contribution in [2.45, 2.75) is 58.8 Å². The van der Waals surface area contributed by atoms with Crippen LogP contribution in [-0.4, -0.2) is 51.2 Å². The first-order valence-corrected chi connectivity index (χ1v) is 13.1. The average Bonchev–Trinajstić information content (AvgIpc) is 3.53. The molecule has 2 amide bonds. The number of alkyl carbamates (subject to hydrolysis) is 1. The summed E-state index contributed by atoms with van der Waals surface area (Å²) in [7, 11) is 1.52. The van der Waals surface area contributed by atoms with Gasteiger partial charge in [0.25, 0.3) is 5.91 Å². The van der Waals surface area contributed by atoms with Crippen molar-refractivity contribution in [1.29, 1.82) is 0 Å². The van der Waals surface area contributed by atoms with Gasteiger partial charge in [-0.1, -0.05) is 24.3 Å². The van der Waals surface area contributed by atoms with E-state index in [1.165, 1.54) is 7.11 Å². The molecule has 0 bridgehead atoms. The molecule has 0 saturated carbocycles. The van der Waals surface area contributed by atoms with E-state index >= 15 is 0 Å². The first kappa shape index (κ1) is 29.2. The molecule has 0 spiro atoms. The third kappa shape index (κ3) is 7.24. The second kappa shape index (κ2) is 11.4. The summed E-state index contributed by atoms with van der Waals surface area (Å²) in [4.78, 5) is 41.9. The van der Waals surface area contributed by atoms with Crippen molar-refractivity contribution >= 4 is 34.7 Å². The summed E-state index contributed by atoms with van der Waals surface area (Å²) in [5, 5.41) is 10.6. The maximum absolute atomic E-state index is 13.6. The number of hydrogen-bond donors (Lipinski definition) is 3. The first-order valence-electron chi connectivity index (χ1n) is 13.1. The Bertz CT molecular complexity index is 1570. The van der Waals surface area contributed by atoms with Crippen molar-refractivity contribution in [2.24, 2.45) is 0 Å². The lowest BCUT2D eigenvalue weighted by Crippen LogP contribution is -2.40. The monoisotopic (exact) mass is 561 g/mol. The zero-order valence-corrected chi connectivity index (χ0v) is 24.2. The van der Waals surface area contributed by atoms with Gasteiger partial charge in [-0.25, -0.2) is 9.59 Å². The Kier molecular flexibility index (Phi) is 8.09. The molecule has 1 atom stereocenters. The molecule has 41 heavy (non-hydrogen) atoms. The molecule has 11 heteroatoms. The second-order valence-electron chi connectivity index (χ2n) is 11.4. The average molecular weight is 562 g/mol. The number of aromatic nitrogens is 3. The number of methoxy groups -OCH3 is 1. The number of rotatable bonds is 6. The molecule has 216 valence electrons.